The van der Waals surface area contributed by atoms with Gasteiger partial charge in [-0.2, -0.15) is 0 Å². The van der Waals surface area contributed by atoms with Crippen LogP contribution in [-0.4, -0.2) is 17.4 Å². The van der Waals surface area contributed by atoms with E-state index < -0.39 is 4.92 Å². The Bertz CT molecular complexity index is 636. The average molecular weight is 285 g/mol. The first-order valence-electron chi connectivity index (χ1n) is 6.39. The summed E-state index contributed by atoms with van der Waals surface area (Å²) in [6.45, 7) is 2.06. The molecule has 21 heavy (non-hydrogen) atoms. The monoisotopic (exact) mass is 285 g/mol. The van der Waals surface area contributed by atoms with Crippen molar-refractivity contribution in [2.24, 2.45) is 0 Å². The van der Waals surface area contributed by atoms with Gasteiger partial charge in [-0.15, -0.1) is 0 Å². The molecular weight excluding hydrogens is 270 g/mol. The summed E-state index contributed by atoms with van der Waals surface area (Å²) in [5.41, 5.74) is 2.53. The molecule has 6 heteroatoms. The first-order valence-corrected chi connectivity index (χ1v) is 6.39. The lowest BCUT2D eigenvalue weighted by atomic mass is 10.2. The Balaban J connectivity index is 1.86. The molecule has 0 aliphatic rings. The minimum absolute atomic E-state index is 0.0182. The maximum Gasteiger partial charge on any atom is 0.269 e. The number of non-ortho nitro benzene ring substituents is 1. The smallest absolute Gasteiger partial charge is 0.269 e. The number of hydrogen-bond donors (Lipinski definition) is 2. The molecule has 0 atom stereocenters. The summed E-state index contributed by atoms with van der Waals surface area (Å²) in [7, 11) is 0. The van der Waals surface area contributed by atoms with Gasteiger partial charge in [0.25, 0.3) is 5.69 Å². The summed E-state index contributed by atoms with van der Waals surface area (Å²) in [6.07, 6.45) is 0. The molecule has 0 aliphatic carbocycles. The number of nitro groups is 1. The van der Waals surface area contributed by atoms with Crippen LogP contribution in [0.2, 0.25) is 0 Å². The Morgan fingerprint density at radius 2 is 1.62 bits per heavy atom. The van der Waals surface area contributed by atoms with Crippen LogP contribution in [-0.2, 0) is 4.79 Å². The zero-order valence-corrected chi connectivity index (χ0v) is 11.5. The minimum Gasteiger partial charge on any atom is -0.376 e. The van der Waals surface area contributed by atoms with Crippen molar-refractivity contribution in [2.75, 3.05) is 17.2 Å². The van der Waals surface area contributed by atoms with Crippen molar-refractivity contribution >= 4 is 23.0 Å². The molecule has 2 aromatic rings. The first kappa shape index (κ1) is 14.5. The molecule has 0 radical (unpaired) electrons. The summed E-state index contributed by atoms with van der Waals surface area (Å²) < 4.78 is 0. The van der Waals surface area contributed by atoms with Crippen LogP contribution in [0.4, 0.5) is 17.1 Å². The average Bonchev–Trinajstić information content (AvgIpc) is 2.48. The Kier molecular flexibility index (Phi) is 4.50. The van der Waals surface area contributed by atoms with Gasteiger partial charge in [-0.1, -0.05) is 17.7 Å². The van der Waals surface area contributed by atoms with E-state index in [4.69, 9.17) is 0 Å². The standard InChI is InChI=1S/C15H15N3O3/c1-11-2-4-13(5-3-11)17-15(19)10-16-12-6-8-14(9-7-12)18(20)21/h2-9,16H,10H2,1H3,(H,17,19). The number of carbonyl (C=O) groups excluding carboxylic acids is 1. The zero-order chi connectivity index (χ0) is 15.2. The fraction of sp³-hybridized carbons (Fsp3) is 0.133. The van der Waals surface area contributed by atoms with Gasteiger partial charge in [-0.3, -0.25) is 14.9 Å². The molecule has 0 aromatic heterocycles. The second kappa shape index (κ2) is 6.51. The Morgan fingerprint density at radius 1 is 1.05 bits per heavy atom. The van der Waals surface area contributed by atoms with Crippen molar-refractivity contribution in [3.05, 3.63) is 64.2 Å². The van der Waals surface area contributed by atoms with Crippen LogP contribution in [0.5, 0.6) is 0 Å². The summed E-state index contributed by atoms with van der Waals surface area (Å²) in [4.78, 5) is 21.8. The first-order chi connectivity index (χ1) is 10.0. The second-order valence-corrected chi connectivity index (χ2v) is 4.57. The number of amides is 1. The molecule has 2 aromatic carbocycles. The van der Waals surface area contributed by atoms with Crippen LogP contribution in [0, 0.1) is 17.0 Å². The lowest BCUT2D eigenvalue weighted by molar-refractivity contribution is -0.384. The van der Waals surface area contributed by atoms with Gasteiger partial charge >= 0.3 is 0 Å². The Hall–Kier alpha value is -2.89. The van der Waals surface area contributed by atoms with Crippen molar-refractivity contribution < 1.29 is 9.72 Å². The third-order valence-corrected chi connectivity index (χ3v) is 2.87. The van der Waals surface area contributed by atoms with Crippen LogP contribution in [0.3, 0.4) is 0 Å². The molecule has 0 saturated heterocycles. The molecule has 108 valence electrons. The maximum atomic E-state index is 11.8. The van der Waals surface area contributed by atoms with Crippen LogP contribution >= 0.6 is 0 Å². The zero-order valence-electron chi connectivity index (χ0n) is 11.5. The van der Waals surface area contributed by atoms with E-state index in [1.807, 2.05) is 31.2 Å². The number of nitrogens with one attached hydrogen (secondary N) is 2. The van der Waals surface area contributed by atoms with Gasteiger partial charge in [0.05, 0.1) is 11.5 Å². The molecule has 6 nitrogen and oxygen atoms in total. The normalized spacial score (nSPS) is 9.95. The lowest BCUT2D eigenvalue weighted by Gasteiger charge is -2.08. The number of aryl methyl sites for hydroxylation is 1. The van der Waals surface area contributed by atoms with Crippen molar-refractivity contribution in [2.45, 2.75) is 6.92 Å². The van der Waals surface area contributed by atoms with E-state index in [1.54, 1.807) is 12.1 Å². The van der Waals surface area contributed by atoms with Crippen LogP contribution in [0.25, 0.3) is 0 Å². The van der Waals surface area contributed by atoms with Gasteiger partial charge in [-0.05, 0) is 31.2 Å². The van der Waals surface area contributed by atoms with Crippen molar-refractivity contribution in [3.8, 4) is 0 Å². The summed E-state index contributed by atoms with van der Waals surface area (Å²) >= 11 is 0. The quantitative estimate of drug-likeness (QED) is 0.653. The molecule has 1 amide bonds. The third kappa shape index (κ3) is 4.31. The molecule has 0 bridgehead atoms. The van der Waals surface area contributed by atoms with E-state index >= 15 is 0 Å². The highest BCUT2D eigenvalue weighted by molar-refractivity contribution is 5.93. The van der Waals surface area contributed by atoms with E-state index in [0.29, 0.717) is 5.69 Å². The Labute approximate surface area is 121 Å². The van der Waals surface area contributed by atoms with Crippen LogP contribution in [0.15, 0.2) is 48.5 Å². The molecule has 0 saturated carbocycles. The van der Waals surface area contributed by atoms with Gasteiger partial charge in [0.15, 0.2) is 0 Å². The van der Waals surface area contributed by atoms with Crippen molar-refractivity contribution in [1.29, 1.82) is 0 Å². The van der Waals surface area contributed by atoms with Gasteiger partial charge in [0.1, 0.15) is 0 Å². The molecule has 0 unspecified atom stereocenters. The molecule has 2 N–H and O–H groups in total. The number of carbonyl (C=O) groups is 1. The number of nitrogens with zero attached hydrogens (tertiary/aromatic N) is 1. The predicted molar refractivity (Wildman–Crippen MR) is 81.4 cm³/mol. The number of benzene rings is 2. The number of hydrogen-bond acceptors (Lipinski definition) is 4. The van der Waals surface area contributed by atoms with Gasteiger partial charge < -0.3 is 10.6 Å². The summed E-state index contributed by atoms with van der Waals surface area (Å²) in [5, 5.41) is 16.2. The van der Waals surface area contributed by atoms with E-state index in [1.165, 1.54) is 12.1 Å². The molecule has 0 spiro atoms. The molecule has 0 aliphatic heterocycles. The second-order valence-electron chi connectivity index (χ2n) is 4.57. The Morgan fingerprint density at radius 3 is 2.19 bits per heavy atom. The molecular formula is C15H15N3O3. The number of rotatable bonds is 5. The summed E-state index contributed by atoms with van der Waals surface area (Å²) in [6, 6.07) is 13.4. The molecule has 2 rings (SSSR count). The highest BCUT2D eigenvalue weighted by atomic mass is 16.6. The minimum atomic E-state index is -0.464. The van der Waals surface area contributed by atoms with E-state index in [2.05, 4.69) is 10.6 Å². The fourth-order valence-electron chi connectivity index (χ4n) is 1.73. The van der Waals surface area contributed by atoms with Gasteiger partial charge in [-0.25, -0.2) is 0 Å². The molecule has 0 heterocycles. The van der Waals surface area contributed by atoms with E-state index in [9.17, 15) is 14.9 Å². The number of nitro benzene ring substituents is 1. The number of anilines is 2. The van der Waals surface area contributed by atoms with Gasteiger partial charge in [0, 0.05) is 23.5 Å². The highest BCUT2D eigenvalue weighted by Gasteiger charge is 2.05. The van der Waals surface area contributed by atoms with Crippen molar-refractivity contribution in [3.63, 3.8) is 0 Å². The molecule has 0 fully saturated rings. The van der Waals surface area contributed by atoms with E-state index in [-0.39, 0.29) is 18.1 Å². The van der Waals surface area contributed by atoms with Crippen LogP contribution in [0.1, 0.15) is 5.56 Å². The maximum absolute atomic E-state index is 11.8. The lowest BCUT2D eigenvalue weighted by Crippen LogP contribution is -2.21. The third-order valence-electron chi connectivity index (χ3n) is 2.87. The highest BCUT2D eigenvalue weighted by Crippen LogP contribution is 2.15. The fourth-order valence-corrected chi connectivity index (χ4v) is 1.73. The SMILES string of the molecule is Cc1ccc(NC(=O)CNc2ccc([N+](=O)[O-])cc2)cc1. The topological polar surface area (TPSA) is 84.3 Å². The summed E-state index contributed by atoms with van der Waals surface area (Å²) in [5.74, 6) is -0.183. The van der Waals surface area contributed by atoms with E-state index in [0.717, 1.165) is 11.3 Å². The predicted octanol–water partition coefficient (Wildman–Crippen LogP) is 2.95. The van der Waals surface area contributed by atoms with Gasteiger partial charge in [0.2, 0.25) is 5.91 Å². The van der Waals surface area contributed by atoms with Crippen molar-refractivity contribution in [1.82, 2.24) is 0 Å². The van der Waals surface area contributed by atoms with Crippen LogP contribution < -0.4 is 10.6 Å². The largest absolute Gasteiger partial charge is 0.376 e.